The van der Waals surface area contributed by atoms with Gasteiger partial charge in [-0.15, -0.1) is 0 Å². The Morgan fingerprint density at radius 1 is 0.932 bits per heavy atom. The van der Waals surface area contributed by atoms with E-state index in [2.05, 4.69) is 5.32 Å². The smallest absolute Gasteiger partial charge is 0.408 e. The molecule has 1 heterocycles. The maximum absolute atomic E-state index is 15.0. The molecule has 2 bridgehead atoms. The van der Waals surface area contributed by atoms with Gasteiger partial charge in [-0.1, -0.05) is 62.4 Å². The summed E-state index contributed by atoms with van der Waals surface area (Å²) < 4.78 is 29.7. The zero-order valence-electron chi connectivity index (χ0n) is 34.8. The molecule has 5 N–H and O–H groups in total. The SMILES string of the molecule is CC(=O)O[C@@]12CO[C@@H]1C[C@H](O)[C@@]1(C)C(=O)[C@H](O)C3=C(C)[C@@H](OC(=O)[C@@](C)(O)[C@H](NC(=O)OC(C)(C)C)c4ccccc4)C[C@@](O)([C@@H](OC(=O)c4ccccc4)[C@H]21)C3(C)C. The van der Waals surface area contributed by atoms with Gasteiger partial charge in [0.05, 0.1) is 35.6 Å². The van der Waals surface area contributed by atoms with E-state index in [1.165, 1.54) is 26.0 Å². The highest BCUT2D eigenvalue weighted by Crippen LogP contribution is 2.64. The third kappa shape index (κ3) is 7.24. The first-order chi connectivity index (χ1) is 27.3. The number of hydrogen-bond acceptors (Lipinski definition) is 14. The van der Waals surface area contributed by atoms with Crippen LogP contribution in [0.15, 0.2) is 71.8 Å². The van der Waals surface area contributed by atoms with E-state index in [4.69, 9.17) is 23.7 Å². The van der Waals surface area contributed by atoms with Crippen molar-refractivity contribution in [2.45, 2.75) is 134 Å². The fourth-order valence-electron chi connectivity index (χ4n) is 9.76. The molecule has 2 saturated carbocycles. The van der Waals surface area contributed by atoms with E-state index in [1.807, 2.05) is 0 Å². The highest BCUT2D eigenvalue weighted by Gasteiger charge is 2.78. The number of Topliss-reactive ketones (excluding diaryl/α,β-unsaturated/α-hetero) is 1. The fraction of sp³-hybridized carbons (Fsp3) is 0.568. The van der Waals surface area contributed by atoms with Crippen LogP contribution >= 0.6 is 0 Å². The number of esters is 3. The second-order valence-electron chi connectivity index (χ2n) is 18.2. The number of carbonyl (C=O) groups is 5. The Hall–Kier alpha value is -4.67. The van der Waals surface area contributed by atoms with Gasteiger partial charge in [-0.3, -0.25) is 9.59 Å². The zero-order chi connectivity index (χ0) is 43.7. The third-order valence-electron chi connectivity index (χ3n) is 12.9. The molecule has 2 aromatic carbocycles. The Labute approximate surface area is 343 Å². The van der Waals surface area contributed by atoms with E-state index >= 15 is 0 Å². The van der Waals surface area contributed by atoms with E-state index in [0.29, 0.717) is 5.56 Å². The van der Waals surface area contributed by atoms with Crippen molar-refractivity contribution in [3.05, 3.63) is 82.9 Å². The van der Waals surface area contributed by atoms with Crippen LogP contribution in [0.2, 0.25) is 0 Å². The largest absolute Gasteiger partial charge is 0.456 e. The van der Waals surface area contributed by atoms with Crippen LogP contribution < -0.4 is 5.32 Å². The molecule has 6 rings (SSSR count). The van der Waals surface area contributed by atoms with Crippen LogP contribution in [0.25, 0.3) is 0 Å². The van der Waals surface area contributed by atoms with Crippen molar-refractivity contribution in [2.75, 3.05) is 6.61 Å². The Morgan fingerprint density at radius 3 is 2.07 bits per heavy atom. The van der Waals surface area contributed by atoms with Crippen LogP contribution in [0.1, 0.15) is 97.1 Å². The second kappa shape index (κ2) is 15.1. The number of nitrogens with one attached hydrogen (secondary N) is 1. The molecule has 1 amide bonds. The van der Waals surface area contributed by atoms with Gasteiger partial charge in [-0.2, -0.15) is 0 Å². The third-order valence-corrected chi connectivity index (χ3v) is 12.9. The molecule has 320 valence electrons. The van der Waals surface area contributed by atoms with E-state index in [-0.39, 0.29) is 29.7 Å². The van der Waals surface area contributed by atoms with Crippen molar-refractivity contribution in [1.82, 2.24) is 5.32 Å². The maximum Gasteiger partial charge on any atom is 0.408 e. The number of amides is 1. The van der Waals surface area contributed by atoms with Gasteiger partial charge in [0.25, 0.3) is 0 Å². The Morgan fingerprint density at radius 2 is 1.53 bits per heavy atom. The van der Waals surface area contributed by atoms with Crippen LogP contribution in [0, 0.1) is 16.7 Å². The standard InChI is InChI=1S/C44H55NO14/c1-23-27(56-37(51)42(9,53)33(25-16-12-10-13-17-25)45-38(52)59-39(3,4)5)21-44(54)35(57-36(50)26-18-14-11-15-19-26)32-41(8,34(49)31(48)30(23)40(44,6)7)28(47)20-29-43(32,22-55-29)58-24(2)46/h10-19,27-29,31-33,35,47-48,53-54H,20-22H2,1-9H3,(H,45,52)/t27-,28-,29+,31+,32-,33+,35-,41+,42-,43-,44+/m0/s1. The summed E-state index contributed by atoms with van der Waals surface area (Å²) in [7, 11) is 0. The molecule has 59 heavy (non-hydrogen) atoms. The summed E-state index contributed by atoms with van der Waals surface area (Å²) in [4.78, 5) is 69.5. The van der Waals surface area contributed by atoms with Crippen LogP contribution in [0.4, 0.5) is 4.79 Å². The lowest BCUT2D eigenvalue weighted by Crippen LogP contribution is -2.81. The minimum atomic E-state index is -2.50. The zero-order valence-corrected chi connectivity index (χ0v) is 34.8. The number of ketones is 1. The number of carbonyl (C=O) groups excluding carboxylic acids is 5. The predicted molar refractivity (Wildman–Crippen MR) is 208 cm³/mol. The molecule has 2 aromatic rings. The van der Waals surface area contributed by atoms with E-state index in [0.717, 1.165) is 13.8 Å². The van der Waals surface area contributed by atoms with Crippen LogP contribution in [-0.4, -0.2) is 110 Å². The minimum Gasteiger partial charge on any atom is -0.456 e. The van der Waals surface area contributed by atoms with Gasteiger partial charge < -0.3 is 49.4 Å². The highest BCUT2D eigenvalue weighted by atomic mass is 16.6. The molecule has 15 nitrogen and oxygen atoms in total. The summed E-state index contributed by atoms with van der Waals surface area (Å²) in [6.07, 6.45) is -9.51. The summed E-state index contributed by atoms with van der Waals surface area (Å²) in [5, 5.41) is 52.2. The lowest BCUT2D eigenvalue weighted by Gasteiger charge is -2.67. The van der Waals surface area contributed by atoms with Gasteiger partial charge in [0, 0.05) is 25.2 Å². The monoisotopic (exact) mass is 821 g/mol. The number of alkyl carbamates (subject to hydrolysis) is 1. The van der Waals surface area contributed by atoms with Gasteiger partial charge >= 0.3 is 24.0 Å². The van der Waals surface area contributed by atoms with E-state index < -0.39 is 112 Å². The summed E-state index contributed by atoms with van der Waals surface area (Å²) in [6.45, 7) is 12.9. The molecule has 11 atom stereocenters. The molecule has 0 unspecified atom stereocenters. The average molecular weight is 822 g/mol. The summed E-state index contributed by atoms with van der Waals surface area (Å²) in [5.74, 6) is -5.39. The lowest BCUT2D eigenvalue weighted by atomic mass is 9.44. The number of aliphatic hydroxyl groups is 4. The number of ether oxygens (including phenoxy) is 5. The lowest BCUT2D eigenvalue weighted by molar-refractivity contribution is -0.346. The molecule has 0 radical (unpaired) electrons. The Balaban J connectivity index is 1.51. The summed E-state index contributed by atoms with van der Waals surface area (Å²) >= 11 is 0. The van der Waals surface area contributed by atoms with Crippen molar-refractivity contribution < 1.29 is 68.1 Å². The molecule has 0 spiro atoms. The van der Waals surface area contributed by atoms with Crippen molar-refractivity contribution in [3.63, 3.8) is 0 Å². The van der Waals surface area contributed by atoms with Crippen molar-refractivity contribution in [2.24, 2.45) is 16.7 Å². The number of rotatable bonds is 8. The first kappa shape index (κ1) is 43.9. The topological polar surface area (TPSA) is 224 Å². The van der Waals surface area contributed by atoms with Gasteiger partial charge in [-0.05, 0) is 70.4 Å². The van der Waals surface area contributed by atoms with Crippen LogP contribution in [0.3, 0.4) is 0 Å². The number of fused-ring (bicyclic) bond motifs is 5. The molecule has 4 aliphatic rings. The van der Waals surface area contributed by atoms with Crippen LogP contribution in [0.5, 0.6) is 0 Å². The normalized spacial score (nSPS) is 33.9. The Bertz CT molecular complexity index is 2020. The maximum atomic E-state index is 15.0. The number of hydrogen-bond donors (Lipinski definition) is 5. The Kier molecular flexibility index (Phi) is 11.2. The van der Waals surface area contributed by atoms with Gasteiger partial charge in [0.2, 0.25) is 0 Å². The molecule has 15 heteroatoms. The molecular formula is C44H55NO14. The summed E-state index contributed by atoms with van der Waals surface area (Å²) in [6, 6.07) is 14.6. The highest BCUT2D eigenvalue weighted by molar-refractivity contribution is 5.94. The van der Waals surface area contributed by atoms with Crippen LogP contribution in [-0.2, 0) is 38.1 Å². The molecule has 1 aliphatic heterocycles. The predicted octanol–water partition coefficient (Wildman–Crippen LogP) is 3.65. The fourth-order valence-corrected chi connectivity index (χ4v) is 9.76. The van der Waals surface area contributed by atoms with Crippen molar-refractivity contribution >= 4 is 29.8 Å². The van der Waals surface area contributed by atoms with Gasteiger partial charge in [-0.25, -0.2) is 14.4 Å². The molecule has 1 saturated heterocycles. The first-order valence-electron chi connectivity index (χ1n) is 19.7. The quantitative estimate of drug-likeness (QED) is 0.146. The number of aliphatic hydroxyl groups excluding tert-OH is 2. The molecule has 3 fully saturated rings. The second-order valence-corrected chi connectivity index (χ2v) is 18.2. The minimum absolute atomic E-state index is 0.0682. The molecular weight excluding hydrogens is 766 g/mol. The van der Waals surface area contributed by atoms with Crippen molar-refractivity contribution in [3.8, 4) is 0 Å². The molecule has 3 aliphatic carbocycles. The number of benzene rings is 2. The van der Waals surface area contributed by atoms with E-state index in [1.54, 1.807) is 83.1 Å². The molecule has 0 aromatic heterocycles. The first-order valence-corrected chi connectivity index (χ1v) is 19.7. The van der Waals surface area contributed by atoms with Crippen molar-refractivity contribution in [1.29, 1.82) is 0 Å². The van der Waals surface area contributed by atoms with E-state index in [9.17, 15) is 44.4 Å². The summed E-state index contributed by atoms with van der Waals surface area (Å²) in [5.41, 5.74) is -10.7. The van der Waals surface area contributed by atoms with Gasteiger partial charge in [0.15, 0.2) is 17.0 Å². The van der Waals surface area contributed by atoms with Gasteiger partial charge in [0.1, 0.15) is 35.6 Å². The average Bonchev–Trinajstić information content (AvgIpc) is 3.15.